The third kappa shape index (κ3) is 6.03. The van der Waals surface area contributed by atoms with E-state index in [0.29, 0.717) is 34.6 Å². The van der Waals surface area contributed by atoms with Crippen molar-refractivity contribution in [3.05, 3.63) is 69.3 Å². The van der Waals surface area contributed by atoms with Crippen molar-refractivity contribution < 1.29 is 36.9 Å². The van der Waals surface area contributed by atoms with Crippen molar-refractivity contribution in [2.75, 3.05) is 11.5 Å². The second-order valence-electron chi connectivity index (χ2n) is 11.9. The van der Waals surface area contributed by atoms with Gasteiger partial charge in [-0.2, -0.15) is 0 Å². The summed E-state index contributed by atoms with van der Waals surface area (Å²) in [5, 5.41) is 19.9. The molecule has 7 rings (SSSR count). The molecule has 2 saturated heterocycles. The van der Waals surface area contributed by atoms with Crippen molar-refractivity contribution in [2.45, 2.75) is 63.9 Å². The van der Waals surface area contributed by atoms with Crippen LogP contribution in [0.25, 0.3) is 44.4 Å². The molecule has 3 aromatic rings. The molecule has 8 nitrogen and oxygen atoms in total. The van der Waals surface area contributed by atoms with E-state index in [1.54, 1.807) is 0 Å². The first kappa shape index (κ1) is 31.7. The summed E-state index contributed by atoms with van der Waals surface area (Å²) < 4.78 is 0. The van der Waals surface area contributed by atoms with Crippen LogP contribution >= 0.6 is 0 Å². The first-order chi connectivity index (χ1) is 21.1. The van der Waals surface area contributed by atoms with Crippen LogP contribution in [0.5, 0.6) is 0 Å². The van der Waals surface area contributed by atoms with Crippen LogP contribution < -0.4 is 9.97 Å². The van der Waals surface area contributed by atoms with E-state index in [-0.39, 0.29) is 29.9 Å². The molecule has 0 aromatic carbocycles. The zero-order valence-corrected chi connectivity index (χ0v) is 28.3. The van der Waals surface area contributed by atoms with Gasteiger partial charge in [0.05, 0.1) is 22.8 Å². The molecule has 0 saturated carbocycles. The van der Waals surface area contributed by atoms with Crippen molar-refractivity contribution in [2.24, 2.45) is 0 Å². The molecule has 45 heavy (non-hydrogen) atoms. The number of hydrogen-bond donors (Lipinski definition) is 2. The zero-order valence-electron chi connectivity index (χ0n) is 25.5. The average molecular weight is 683 g/mol. The monoisotopic (exact) mass is 682 g/mol. The van der Waals surface area contributed by atoms with Crippen LogP contribution in [-0.2, 0) is 56.6 Å². The van der Waals surface area contributed by atoms with E-state index >= 15 is 0 Å². The summed E-state index contributed by atoms with van der Waals surface area (Å²) >= 11 is 2.81. The van der Waals surface area contributed by atoms with Gasteiger partial charge in [-0.25, -0.2) is 9.97 Å². The maximum atomic E-state index is 11.6. The van der Waals surface area contributed by atoms with Crippen LogP contribution in [-0.4, -0.2) is 48.9 Å². The molecule has 11 heteroatoms. The number of thiol groups is 2. The summed E-state index contributed by atoms with van der Waals surface area (Å²) in [6.45, 7) is 8.27. The summed E-state index contributed by atoms with van der Waals surface area (Å²) in [7, 11) is 0. The van der Waals surface area contributed by atoms with Gasteiger partial charge in [-0.3, -0.25) is 9.59 Å². The number of aryl methyl sites for hydroxylation is 3. The molecule has 2 atom stereocenters. The topological polar surface area (TPSA) is 129 Å². The molecule has 7 heterocycles. The Bertz CT molecular complexity index is 2000. The predicted octanol–water partition coefficient (Wildman–Crippen LogP) is 5.00. The standard InChI is InChI=1S/C34H34N4O4S2.Fe/c1-15-19(5-7-31(39)40)25-12-26-20(6-8-32(41)42)16(2)22(36-26)10-27-34(30-14-44-30)18(4)24(38-27)11-28-33(29-13-43-29)17(3)23(37-28)9-21(15)35-25;/h9-12,29-30H,5-8,13-14H2,1-4H3,(H4,35,36,37,38,39,40,41,42);/q;+2/t29-,30+;/m1./s1. The molecule has 0 unspecified atom stereocenters. The fraction of sp³-hybridized carbons (Fsp3) is 0.353. The number of allylic oxidation sites excluding steroid dienone is 3. The van der Waals surface area contributed by atoms with Gasteiger partial charge in [-0.15, -0.1) is 22.1 Å². The molecule has 3 aromatic heterocycles. The van der Waals surface area contributed by atoms with E-state index in [9.17, 15) is 19.8 Å². The second kappa shape index (κ2) is 12.2. The van der Waals surface area contributed by atoms with Crippen LogP contribution in [0.15, 0.2) is 24.3 Å². The Morgan fingerprint density at radius 3 is 1.93 bits per heavy atom. The fourth-order valence-corrected chi connectivity index (χ4v) is 8.00. The zero-order chi connectivity index (χ0) is 30.9. The van der Waals surface area contributed by atoms with E-state index in [1.807, 2.05) is 26.0 Å². The Labute approximate surface area is 280 Å². The van der Waals surface area contributed by atoms with Gasteiger partial charge in [0, 0.05) is 18.4 Å². The second-order valence-corrected chi connectivity index (χ2v) is 14.6. The quantitative estimate of drug-likeness (QED) is 0.147. The number of rotatable bonds is 8. The smallest absolute Gasteiger partial charge is 0.657 e. The Kier molecular flexibility index (Phi) is 8.58. The van der Waals surface area contributed by atoms with Crippen molar-refractivity contribution in [1.29, 1.82) is 0 Å². The van der Waals surface area contributed by atoms with Crippen molar-refractivity contribution in [1.82, 2.24) is 19.9 Å². The Balaban J connectivity index is 0.00000357. The minimum Gasteiger partial charge on any atom is -0.657 e. The maximum Gasteiger partial charge on any atom is 2.00 e. The minimum absolute atomic E-state index is 0. The first-order valence-corrected chi connectivity index (χ1v) is 17.2. The van der Waals surface area contributed by atoms with Crippen molar-refractivity contribution in [3.8, 4) is 0 Å². The number of fused-ring (bicyclic) bond motifs is 8. The maximum absolute atomic E-state index is 11.6. The predicted molar refractivity (Wildman–Crippen MR) is 180 cm³/mol. The summed E-state index contributed by atoms with van der Waals surface area (Å²) in [5.74, 6) is 0.510. The SMILES string of the molecule is CC1=C(CCC(=O)O)c2cc3[n-]c(cc4nc(cc5[n-]c(cc1n2)c([C@@H]1C[SH+]1)c5C)C([C@H]1C[SH+]1)=C4C)c(C)c3CCC(=O)O.[Fe+2]. The van der Waals surface area contributed by atoms with Gasteiger partial charge in [0.15, 0.2) is 22.0 Å². The van der Waals surface area contributed by atoms with Crippen LogP contribution in [0, 0.1) is 13.8 Å². The molecule has 2 fully saturated rings. The van der Waals surface area contributed by atoms with Gasteiger partial charge in [-0.05, 0) is 86.3 Å². The molecular formula is C34H34FeN4O4S2+2. The summed E-state index contributed by atoms with van der Waals surface area (Å²) in [4.78, 5) is 43.5. The van der Waals surface area contributed by atoms with Gasteiger partial charge in [0.25, 0.3) is 0 Å². The molecule has 0 amide bonds. The van der Waals surface area contributed by atoms with E-state index in [4.69, 9.17) is 19.9 Å². The van der Waals surface area contributed by atoms with E-state index in [2.05, 4.69) is 26.0 Å². The minimum atomic E-state index is -0.869. The van der Waals surface area contributed by atoms with Gasteiger partial charge in [0.2, 0.25) is 0 Å². The van der Waals surface area contributed by atoms with E-state index in [1.165, 1.54) is 40.2 Å². The van der Waals surface area contributed by atoms with Gasteiger partial charge < -0.3 is 20.2 Å². The van der Waals surface area contributed by atoms with Crippen LogP contribution in [0.3, 0.4) is 0 Å². The number of aliphatic carboxylic acids is 2. The molecule has 4 aliphatic rings. The number of carboxylic acid groups (broad SMARTS) is 2. The summed E-state index contributed by atoms with van der Waals surface area (Å²) in [5.41, 5.74) is 15.0. The van der Waals surface area contributed by atoms with Crippen molar-refractivity contribution >= 4 is 79.8 Å². The Hall–Kier alpha value is -3.24. The van der Waals surface area contributed by atoms with Gasteiger partial charge in [-0.1, -0.05) is 41.0 Å². The molecule has 8 bridgehead atoms. The fourth-order valence-electron chi connectivity index (χ4n) is 6.41. The third-order valence-electron chi connectivity index (χ3n) is 9.05. The van der Waals surface area contributed by atoms with E-state index in [0.717, 1.165) is 73.0 Å². The molecule has 4 aliphatic heterocycles. The largest absolute Gasteiger partial charge is 2.00 e. The summed E-state index contributed by atoms with van der Waals surface area (Å²) in [6.07, 6.45) is 0.631. The third-order valence-corrected chi connectivity index (χ3v) is 11.0. The Morgan fingerprint density at radius 2 is 1.27 bits per heavy atom. The molecule has 0 aliphatic carbocycles. The molecule has 0 spiro atoms. The Morgan fingerprint density at radius 1 is 0.733 bits per heavy atom. The number of nitrogens with zero attached hydrogens (tertiary/aromatic N) is 4. The number of aromatic nitrogens is 4. The van der Waals surface area contributed by atoms with Crippen LogP contribution in [0.2, 0.25) is 0 Å². The number of hydrogen-bond acceptors (Lipinski definition) is 4. The van der Waals surface area contributed by atoms with Crippen molar-refractivity contribution in [3.63, 3.8) is 0 Å². The first-order valence-electron chi connectivity index (χ1n) is 14.9. The molecule has 2 N–H and O–H groups in total. The molecule has 232 valence electrons. The molecular weight excluding hydrogens is 648 g/mol. The number of carboxylic acids is 2. The van der Waals surface area contributed by atoms with Gasteiger partial charge in [0.1, 0.15) is 0 Å². The molecule has 0 radical (unpaired) electrons. The van der Waals surface area contributed by atoms with Gasteiger partial charge >= 0.3 is 29.0 Å². The normalized spacial score (nSPS) is 18.7. The summed E-state index contributed by atoms with van der Waals surface area (Å²) in [6, 6.07) is 8.13. The average Bonchev–Trinajstić information content (AvgIpc) is 3.88. The van der Waals surface area contributed by atoms with Crippen LogP contribution in [0.1, 0.15) is 83.4 Å². The van der Waals surface area contributed by atoms with E-state index < -0.39 is 11.9 Å². The number of carbonyl (C=O) groups is 2. The van der Waals surface area contributed by atoms with Crippen LogP contribution in [0.4, 0.5) is 0 Å².